The minimum atomic E-state index is -3.40. The Morgan fingerprint density at radius 3 is 3.00 bits per heavy atom. The third-order valence-corrected chi connectivity index (χ3v) is 6.10. The van der Waals surface area contributed by atoms with E-state index in [-0.39, 0.29) is 5.92 Å². The van der Waals surface area contributed by atoms with Crippen molar-refractivity contribution in [2.45, 2.75) is 30.6 Å². The predicted molar refractivity (Wildman–Crippen MR) is 74.1 cm³/mol. The second-order valence-electron chi connectivity index (χ2n) is 4.84. The molecule has 0 radical (unpaired) electrons. The summed E-state index contributed by atoms with van der Waals surface area (Å²) < 4.78 is 31.7. The average molecular weight is 313 g/mol. The average Bonchev–Trinajstić information content (AvgIpc) is 3.10. The van der Waals surface area contributed by atoms with E-state index in [1.54, 1.807) is 23.8 Å². The number of nitrogens with zero attached hydrogens (tertiary/aromatic N) is 3. The summed E-state index contributed by atoms with van der Waals surface area (Å²) in [4.78, 5) is 4.58. The van der Waals surface area contributed by atoms with Crippen LogP contribution in [0.1, 0.15) is 30.5 Å². The highest BCUT2D eigenvalue weighted by atomic mass is 32.2. The molecule has 2 aromatic heterocycles. The van der Waals surface area contributed by atoms with Crippen molar-refractivity contribution in [1.29, 1.82) is 0 Å². The molecule has 0 bridgehead atoms. The number of rotatable bonds is 3. The normalized spacial score (nSPS) is 21.1. The van der Waals surface area contributed by atoms with Crippen molar-refractivity contribution in [3.05, 3.63) is 28.5 Å². The summed E-state index contributed by atoms with van der Waals surface area (Å²) in [5, 5.41) is 7.21. The maximum atomic E-state index is 12.5. The highest BCUT2D eigenvalue weighted by molar-refractivity contribution is 7.89. The summed E-state index contributed by atoms with van der Waals surface area (Å²) >= 11 is 1.38. The van der Waals surface area contributed by atoms with Gasteiger partial charge in [-0.05, 0) is 31.2 Å². The minimum Gasteiger partial charge on any atom is -0.339 e. The molecule has 108 valence electrons. The predicted octanol–water partition coefficient (Wildman–Crippen LogP) is 2.01. The molecule has 6 nitrogen and oxygen atoms in total. The molecule has 1 fully saturated rings. The molecular weight excluding hydrogens is 298 g/mol. The molecular formula is C12H15N3O3S2. The summed E-state index contributed by atoms with van der Waals surface area (Å²) in [6.07, 6.45) is 1.67. The highest BCUT2D eigenvalue weighted by Gasteiger charge is 2.33. The van der Waals surface area contributed by atoms with Crippen LogP contribution in [0.5, 0.6) is 0 Å². The SMILES string of the molecule is Cc1noc(C2CCCN(S(=O)(=O)c3ccsc3)C2)n1. The fraction of sp³-hybridized carbons (Fsp3) is 0.500. The van der Waals surface area contributed by atoms with Crippen LogP contribution < -0.4 is 0 Å². The second kappa shape index (κ2) is 5.27. The Hall–Kier alpha value is -1.25. The van der Waals surface area contributed by atoms with Crippen LogP contribution in [0.4, 0.5) is 0 Å². The number of aryl methyl sites for hydroxylation is 1. The fourth-order valence-corrected chi connectivity index (χ4v) is 4.93. The second-order valence-corrected chi connectivity index (χ2v) is 7.56. The first kappa shape index (κ1) is 13.7. The summed E-state index contributed by atoms with van der Waals surface area (Å²) in [7, 11) is -3.40. The molecule has 0 aromatic carbocycles. The quantitative estimate of drug-likeness (QED) is 0.866. The van der Waals surface area contributed by atoms with E-state index >= 15 is 0 Å². The van der Waals surface area contributed by atoms with E-state index in [2.05, 4.69) is 10.1 Å². The van der Waals surface area contributed by atoms with Gasteiger partial charge in [0.25, 0.3) is 0 Å². The van der Waals surface area contributed by atoms with Crippen LogP contribution in [-0.4, -0.2) is 36.0 Å². The van der Waals surface area contributed by atoms with Crippen LogP contribution in [0, 0.1) is 6.92 Å². The summed E-state index contributed by atoms with van der Waals surface area (Å²) in [6.45, 7) is 2.71. The first-order valence-corrected chi connectivity index (χ1v) is 8.78. The number of hydrogen-bond acceptors (Lipinski definition) is 6. The molecule has 3 heterocycles. The highest BCUT2D eigenvalue weighted by Crippen LogP contribution is 2.29. The van der Waals surface area contributed by atoms with Crippen LogP contribution in [-0.2, 0) is 10.0 Å². The Kier molecular flexibility index (Phi) is 3.61. The van der Waals surface area contributed by atoms with Crippen LogP contribution in [0.3, 0.4) is 0 Å². The van der Waals surface area contributed by atoms with Crippen molar-refractivity contribution in [1.82, 2.24) is 14.4 Å². The van der Waals surface area contributed by atoms with Crippen LogP contribution in [0.2, 0.25) is 0 Å². The van der Waals surface area contributed by atoms with Crippen molar-refractivity contribution in [3.8, 4) is 0 Å². The standard InChI is InChI=1S/C12H15N3O3S2/c1-9-13-12(18-14-9)10-3-2-5-15(7-10)20(16,17)11-4-6-19-8-11/h4,6,8,10H,2-3,5,7H2,1H3. The van der Waals surface area contributed by atoms with Gasteiger partial charge in [-0.1, -0.05) is 5.16 Å². The molecule has 2 aromatic rings. The molecule has 0 saturated carbocycles. The first-order valence-electron chi connectivity index (χ1n) is 6.40. The lowest BCUT2D eigenvalue weighted by Crippen LogP contribution is -2.39. The molecule has 0 aliphatic carbocycles. The lowest BCUT2D eigenvalue weighted by Gasteiger charge is -2.29. The van der Waals surface area contributed by atoms with Gasteiger partial charge in [0.15, 0.2) is 5.82 Å². The minimum absolute atomic E-state index is 0.0154. The van der Waals surface area contributed by atoms with Crippen molar-refractivity contribution >= 4 is 21.4 Å². The van der Waals surface area contributed by atoms with Crippen molar-refractivity contribution in [2.75, 3.05) is 13.1 Å². The Morgan fingerprint density at radius 1 is 1.50 bits per heavy atom. The maximum Gasteiger partial charge on any atom is 0.243 e. The van der Waals surface area contributed by atoms with E-state index in [4.69, 9.17) is 4.52 Å². The van der Waals surface area contributed by atoms with E-state index < -0.39 is 10.0 Å². The molecule has 1 atom stereocenters. The number of hydrogen-bond donors (Lipinski definition) is 0. The zero-order valence-corrected chi connectivity index (χ0v) is 12.7. The van der Waals surface area contributed by atoms with Gasteiger partial charge < -0.3 is 4.52 Å². The Labute approximate surface area is 121 Å². The summed E-state index contributed by atoms with van der Waals surface area (Å²) in [6, 6.07) is 1.64. The maximum absolute atomic E-state index is 12.5. The van der Waals surface area contributed by atoms with Crippen molar-refractivity contribution < 1.29 is 12.9 Å². The monoisotopic (exact) mass is 313 g/mol. The molecule has 1 unspecified atom stereocenters. The largest absolute Gasteiger partial charge is 0.339 e. The van der Waals surface area contributed by atoms with Gasteiger partial charge in [-0.25, -0.2) is 8.42 Å². The first-order chi connectivity index (χ1) is 9.57. The van der Waals surface area contributed by atoms with Crippen LogP contribution in [0.25, 0.3) is 0 Å². The van der Waals surface area contributed by atoms with Gasteiger partial charge in [0.2, 0.25) is 15.9 Å². The third-order valence-electron chi connectivity index (χ3n) is 3.41. The lowest BCUT2D eigenvalue weighted by atomic mass is 10.00. The molecule has 1 aliphatic rings. The van der Waals surface area contributed by atoms with E-state index in [1.807, 2.05) is 0 Å². The molecule has 8 heteroatoms. The van der Waals surface area contributed by atoms with E-state index in [0.29, 0.717) is 29.7 Å². The molecule has 3 rings (SSSR count). The third kappa shape index (κ3) is 2.50. The molecule has 0 spiro atoms. The molecule has 20 heavy (non-hydrogen) atoms. The van der Waals surface area contributed by atoms with Gasteiger partial charge in [0, 0.05) is 18.5 Å². The summed E-state index contributed by atoms with van der Waals surface area (Å²) in [5.74, 6) is 1.10. The molecule has 0 N–H and O–H groups in total. The van der Waals surface area contributed by atoms with Gasteiger partial charge in [0.1, 0.15) is 0 Å². The molecule has 0 amide bonds. The lowest BCUT2D eigenvalue weighted by molar-refractivity contribution is 0.265. The van der Waals surface area contributed by atoms with Crippen LogP contribution in [0.15, 0.2) is 26.2 Å². The number of piperidine rings is 1. The van der Waals surface area contributed by atoms with Gasteiger partial charge in [0.05, 0.1) is 10.8 Å². The fourth-order valence-electron chi connectivity index (χ4n) is 2.39. The zero-order valence-electron chi connectivity index (χ0n) is 11.0. The van der Waals surface area contributed by atoms with Gasteiger partial charge in [-0.3, -0.25) is 0 Å². The van der Waals surface area contributed by atoms with Crippen LogP contribution >= 0.6 is 11.3 Å². The Bertz CT molecular complexity index is 679. The zero-order chi connectivity index (χ0) is 14.2. The van der Waals surface area contributed by atoms with Gasteiger partial charge in [-0.15, -0.1) is 0 Å². The van der Waals surface area contributed by atoms with Crippen molar-refractivity contribution in [3.63, 3.8) is 0 Å². The Balaban J connectivity index is 1.82. The topological polar surface area (TPSA) is 76.3 Å². The number of aromatic nitrogens is 2. The number of sulfonamides is 1. The molecule has 1 aliphatic heterocycles. The van der Waals surface area contributed by atoms with E-state index in [9.17, 15) is 8.42 Å². The summed E-state index contributed by atoms with van der Waals surface area (Å²) in [5.41, 5.74) is 0. The van der Waals surface area contributed by atoms with Gasteiger partial charge >= 0.3 is 0 Å². The van der Waals surface area contributed by atoms with E-state index in [0.717, 1.165) is 12.8 Å². The van der Waals surface area contributed by atoms with Gasteiger partial charge in [-0.2, -0.15) is 20.6 Å². The smallest absolute Gasteiger partial charge is 0.243 e. The molecule has 1 saturated heterocycles. The van der Waals surface area contributed by atoms with E-state index in [1.165, 1.54) is 15.6 Å². The van der Waals surface area contributed by atoms with Crippen molar-refractivity contribution in [2.24, 2.45) is 0 Å². The Morgan fingerprint density at radius 2 is 2.35 bits per heavy atom. The number of thiophene rings is 1.